The summed E-state index contributed by atoms with van der Waals surface area (Å²) in [6, 6.07) is 0.0199. The molecule has 1 saturated heterocycles. The Bertz CT molecular complexity index is 369. The van der Waals surface area contributed by atoms with Gasteiger partial charge in [-0.3, -0.25) is 4.79 Å². The standard InChI is InChI=1S/C14H26N4O2/c1-16(2)13(20)18-9-7-17(8-10-18)12(19)14(11-15)5-3-4-6-14/h3-11,15H2,1-2H3. The van der Waals surface area contributed by atoms with Crippen molar-refractivity contribution in [3.63, 3.8) is 0 Å². The zero-order chi connectivity index (χ0) is 14.8. The van der Waals surface area contributed by atoms with E-state index in [1.165, 1.54) is 0 Å². The largest absolute Gasteiger partial charge is 0.339 e. The quantitative estimate of drug-likeness (QED) is 0.793. The van der Waals surface area contributed by atoms with E-state index in [4.69, 9.17) is 5.73 Å². The number of hydrogen-bond donors (Lipinski definition) is 1. The number of urea groups is 1. The highest BCUT2D eigenvalue weighted by Crippen LogP contribution is 2.39. The fourth-order valence-electron chi connectivity index (χ4n) is 3.28. The van der Waals surface area contributed by atoms with E-state index in [0.717, 1.165) is 25.7 Å². The molecular formula is C14H26N4O2. The molecule has 20 heavy (non-hydrogen) atoms. The average molecular weight is 282 g/mol. The molecule has 2 aliphatic rings. The van der Waals surface area contributed by atoms with E-state index in [1.807, 2.05) is 4.90 Å². The van der Waals surface area contributed by atoms with Gasteiger partial charge in [-0.1, -0.05) is 12.8 Å². The van der Waals surface area contributed by atoms with Gasteiger partial charge in [0, 0.05) is 46.8 Å². The van der Waals surface area contributed by atoms with Gasteiger partial charge in [0.05, 0.1) is 5.41 Å². The van der Waals surface area contributed by atoms with Crippen LogP contribution in [0.2, 0.25) is 0 Å². The van der Waals surface area contributed by atoms with Crippen LogP contribution in [0, 0.1) is 5.41 Å². The predicted octanol–water partition coefficient (Wildman–Crippen LogP) is 0.331. The first kappa shape index (κ1) is 15.1. The molecule has 114 valence electrons. The third kappa shape index (κ3) is 2.75. The lowest BCUT2D eigenvalue weighted by molar-refractivity contribution is -0.142. The van der Waals surface area contributed by atoms with E-state index in [2.05, 4.69) is 0 Å². The number of nitrogens with two attached hydrogens (primary N) is 1. The van der Waals surface area contributed by atoms with Gasteiger partial charge in [0.25, 0.3) is 0 Å². The second-order valence-electron chi connectivity index (χ2n) is 6.15. The van der Waals surface area contributed by atoms with Gasteiger partial charge < -0.3 is 20.4 Å². The molecule has 3 amide bonds. The number of amides is 3. The predicted molar refractivity (Wildman–Crippen MR) is 77.2 cm³/mol. The van der Waals surface area contributed by atoms with Crippen molar-refractivity contribution in [3.8, 4) is 0 Å². The first-order valence-electron chi connectivity index (χ1n) is 7.46. The minimum Gasteiger partial charge on any atom is -0.339 e. The van der Waals surface area contributed by atoms with Crippen molar-refractivity contribution in [2.75, 3.05) is 46.8 Å². The molecule has 0 aromatic carbocycles. The highest BCUT2D eigenvalue weighted by molar-refractivity contribution is 5.83. The zero-order valence-corrected chi connectivity index (χ0v) is 12.6. The molecule has 6 nitrogen and oxygen atoms in total. The lowest BCUT2D eigenvalue weighted by Crippen LogP contribution is -2.56. The Morgan fingerprint density at radius 2 is 1.55 bits per heavy atom. The molecule has 0 unspecified atom stereocenters. The highest BCUT2D eigenvalue weighted by Gasteiger charge is 2.43. The van der Waals surface area contributed by atoms with Crippen molar-refractivity contribution < 1.29 is 9.59 Å². The topological polar surface area (TPSA) is 69.9 Å². The summed E-state index contributed by atoms with van der Waals surface area (Å²) in [5.74, 6) is 0.203. The molecule has 1 aliphatic carbocycles. The number of piperazine rings is 1. The Kier molecular flexibility index (Phi) is 4.52. The fourth-order valence-corrected chi connectivity index (χ4v) is 3.28. The van der Waals surface area contributed by atoms with Crippen LogP contribution in [-0.4, -0.2) is 73.5 Å². The highest BCUT2D eigenvalue weighted by atomic mass is 16.2. The van der Waals surface area contributed by atoms with Crippen molar-refractivity contribution >= 4 is 11.9 Å². The first-order valence-corrected chi connectivity index (χ1v) is 7.46. The van der Waals surface area contributed by atoms with Gasteiger partial charge >= 0.3 is 6.03 Å². The lowest BCUT2D eigenvalue weighted by atomic mass is 9.84. The number of carbonyl (C=O) groups is 2. The normalized spacial score (nSPS) is 21.9. The number of carbonyl (C=O) groups excluding carboxylic acids is 2. The van der Waals surface area contributed by atoms with Crippen LogP contribution in [0.15, 0.2) is 0 Å². The fraction of sp³-hybridized carbons (Fsp3) is 0.857. The van der Waals surface area contributed by atoms with Crippen LogP contribution in [0.4, 0.5) is 4.79 Å². The zero-order valence-electron chi connectivity index (χ0n) is 12.6. The smallest absolute Gasteiger partial charge is 0.319 e. The minimum atomic E-state index is -0.326. The van der Waals surface area contributed by atoms with Crippen molar-refractivity contribution in [1.29, 1.82) is 0 Å². The first-order chi connectivity index (χ1) is 9.50. The Hall–Kier alpha value is -1.30. The molecule has 2 rings (SSSR count). The molecule has 6 heteroatoms. The van der Waals surface area contributed by atoms with Crippen LogP contribution in [-0.2, 0) is 4.79 Å². The van der Waals surface area contributed by atoms with Crippen molar-refractivity contribution in [3.05, 3.63) is 0 Å². The summed E-state index contributed by atoms with van der Waals surface area (Å²) in [4.78, 5) is 29.9. The molecular weight excluding hydrogens is 256 g/mol. The van der Waals surface area contributed by atoms with Gasteiger partial charge in [-0.05, 0) is 12.8 Å². The van der Waals surface area contributed by atoms with E-state index in [0.29, 0.717) is 32.7 Å². The maximum Gasteiger partial charge on any atom is 0.319 e. The van der Waals surface area contributed by atoms with Crippen LogP contribution in [0.5, 0.6) is 0 Å². The number of hydrogen-bond acceptors (Lipinski definition) is 3. The summed E-state index contributed by atoms with van der Waals surface area (Å²) in [7, 11) is 3.50. The number of rotatable bonds is 2. The summed E-state index contributed by atoms with van der Waals surface area (Å²) in [6.07, 6.45) is 4.03. The third-order valence-corrected chi connectivity index (χ3v) is 4.63. The molecule has 1 heterocycles. The Morgan fingerprint density at radius 3 is 2.00 bits per heavy atom. The summed E-state index contributed by atoms with van der Waals surface area (Å²) in [6.45, 7) is 2.93. The van der Waals surface area contributed by atoms with Gasteiger partial charge in [0.15, 0.2) is 0 Å². The SMILES string of the molecule is CN(C)C(=O)N1CCN(C(=O)C2(CN)CCCC2)CC1. The van der Waals surface area contributed by atoms with E-state index in [9.17, 15) is 9.59 Å². The van der Waals surface area contributed by atoms with Crippen LogP contribution in [0.3, 0.4) is 0 Å². The number of nitrogens with zero attached hydrogens (tertiary/aromatic N) is 3. The minimum absolute atomic E-state index is 0.0199. The summed E-state index contributed by atoms with van der Waals surface area (Å²) < 4.78 is 0. The molecule has 1 saturated carbocycles. The van der Waals surface area contributed by atoms with Gasteiger partial charge in [0.2, 0.25) is 5.91 Å². The maximum absolute atomic E-state index is 12.7. The van der Waals surface area contributed by atoms with Crippen LogP contribution < -0.4 is 5.73 Å². The van der Waals surface area contributed by atoms with Crippen molar-refractivity contribution in [1.82, 2.24) is 14.7 Å². The van der Waals surface area contributed by atoms with Gasteiger partial charge in [-0.15, -0.1) is 0 Å². The van der Waals surface area contributed by atoms with E-state index in [1.54, 1.807) is 23.9 Å². The van der Waals surface area contributed by atoms with Crippen molar-refractivity contribution in [2.45, 2.75) is 25.7 Å². The van der Waals surface area contributed by atoms with E-state index in [-0.39, 0.29) is 17.4 Å². The van der Waals surface area contributed by atoms with Gasteiger partial charge in [-0.2, -0.15) is 0 Å². The Labute approximate surface area is 120 Å². The second kappa shape index (κ2) is 5.99. The monoisotopic (exact) mass is 282 g/mol. The van der Waals surface area contributed by atoms with Crippen LogP contribution >= 0.6 is 0 Å². The molecule has 0 radical (unpaired) electrons. The summed E-state index contributed by atoms with van der Waals surface area (Å²) in [5, 5.41) is 0. The van der Waals surface area contributed by atoms with Crippen molar-refractivity contribution in [2.24, 2.45) is 11.1 Å². The maximum atomic E-state index is 12.7. The molecule has 0 aromatic rings. The molecule has 0 spiro atoms. The molecule has 1 aliphatic heterocycles. The molecule has 2 N–H and O–H groups in total. The molecule has 0 bridgehead atoms. The second-order valence-corrected chi connectivity index (χ2v) is 6.15. The van der Waals surface area contributed by atoms with E-state index < -0.39 is 0 Å². The average Bonchev–Trinajstić information content (AvgIpc) is 2.96. The summed E-state index contributed by atoms with van der Waals surface area (Å²) in [5.41, 5.74) is 5.55. The van der Waals surface area contributed by atoms with Crippen LogP contribution in [0.1, 0.15) is 25.7 Å². The van der Waals surface area contributed by atoms with Gasteiger partial charge in [-0.25, -0.2) is 4.79 Å². The Morgan fingerprint density at radius 1 is 1.05 bits per heavy atom. The van der Waals surface area contributed by atoms with Gasteiger partial charge in [0.1, 0.15) is 0 Å². The Balaban J connectivity index is 1.93. The summed E-state index contributed by atoms with van der Waals surface area (Å²) >= 11 is 0. The molecule has 0 atom stereocenters. The molecule has 0 aromatic heterocycles. The van der Waals surface area contributed by atoms with Crippen LogP contribution in [0.25, 0.3) is 0 Å². The van der Waals surface area contributed by atoms with E-state index >= 15 is 0 Å². The lowest BCUT2D eigenvalue weighted by Gasteiger charge is -2.40. The third-order valence-electron chi connectivity index (χ3n) is 4.63. The molecule has 2 fully saturated rings.